The van der Waals surface area contributed by atoms with Gasteiger partial charge in [0.25, 0.3) is 0 Å². The summed E-state index contributed by atoms with van der Waals surface area (Å²) >= 11 is 0. The maximum absolute atomic E-state index is 10.6. The van der Waals surface area contributed by atoms with Gasteiger partial charge in [-0.25, -0.2) is 8.42 Å². The Morgan fingerprint density at radius 2 is 1.85 bits per heavy atom. The number of nitrogens with one attached hydrogen (secondary N) is 1. The van der Waals surface area contributed by atoms with Gasteiger partial charge in [0.15, 0.2) is 0 Å². The third-order valence-electron chi connectivity index (χ3n) is 0.856. The summed E-state index contributed by atoms with van der Waals surface area (Å²) in [5.41, 5.74) is 0. The summed E-state index contributed by atoms with van der Waals surface area (Å²) in [5, 5.41) is 1.79. The molecule has 0 heterocycles. The van der Waals surface area contributed by atoms with Crippen molar-refractivity contribution in [1.29, 1.82) is 0 Å². The topological polar surface area (TPSA) is 103 Å². The van der Waals surface area contributed by atoms with E-state index in [9.17, 15) is 22.6 Å². The molecule has 0 aromatic heterocycles. The summed E-state index contributed by atoms with van der Waals surface area (Å²) in [4.78, 5) is 20.9. The van der Waals surface area contributed by atoms with Gasteiger partial charge in [-0.1, -0.05) is 0 Å². The Kier molecular flexibility index (Phi) is 7.75. The molecule has 0 aromatic rings. The van der Waals surface area contributed by atoms with Crippen LogP contribution in [0.2, 0.25) is 0 Å². The number of amides is 1. The van der Waals surface area contributed by atoms with Crippen LogP contribution in [0, 0.1) is 0 Å². The van der Waals surface area contributed by atoms with Crippen molar-refractivity contribution in [2.75, 3.05) is 5.88 Å². The van der Waals surface area contributed by atoms with Crippen molar-refractivity contribution < 1.29 is 52.1 Å². The second-order valence-corrected chi connectivity index (χ2v) is 3.58. The quantitative estimate of drug-likeness (QED) is 0.291. The van der Waals surface area contributed by atoms with E-state index in [4.69, 9.17) is 0 Å². The van der Waals surface area contributed by atoms with Crippen LogP contribution in [-0.2, 0) is 19.7 Å². The van der Waals surface area contributed by atoms with Crippen molar-refractivity contribution >= 4 is 21.8 Å². The molecule has 0 saturated heterocycles. The first-order chi connectivity index (χ1) is 5.31. The normalized spacial score (nSPS) is 10.0. The molecule has 0 atom stereocenters. The fourth-order valence-electron chi connectivity index (χ4n) is 0.457. The van der Waals surface area contributed by atoms with Gasteiger partial charge < -0.3 is 9.87 Å². The molecule has 0 aliphatic rings. The zero-order chi connectivity index (χ0) is 9.78. The molecule has 0 spiro atoms. The molecule has 0 unspecified atom stereocenters. The zero-order valence-electron chi connectivity index (χ0n) is 7.36. The number of carbonyl (C=O) groups is 2. The maximum Gasteiger partial charge on any atom is 1.00 e. The molecule has 0 radical (unpaired) electrons. The van der Waals surface area contributed by atoms with Gasteiger partial charge in [-0.2, -0.15) is 0 Å². The van der Waals surface area contributed by atoms with Crippen molar-refractivity contribution in [3.8, 4) is 0 Å². The third kappa shape index (κ3) is 12.1. The minimum absolute atomic E-state index is 0. The fraction of sp³-hybridized carbons (Fsp3) is 0.600. The minimum Gasteiger partial charge on any atom is -0.747 e. The Labute approximate surface area is 98.1 Å². The number of carbonyl (C=O) groups excluding carboxylic acids is 2. The van der Waals surface area contributed by atoms with E-state index in [1.807, 2.05) is 0 Å². The first-order valence-electron chi connectivity index (χ1n) is 3.01. The second kappa shape index (κ2) is 6.50. The van der Waals surface area contributed by atoms with Gasteiger partial charge in [0.05, 0.1) is 6.42 Å². The number of ketones is 1. The minimum atomic E-state index is -4.45. The van der Waals surface area contributed by atoms with E-state index >= 15 is 0 Å². The SMILES string of the molecule is CC(=O)CC(=O)NCS(=O)(=O)[O-].[Na+]. The van der Waals surface area contributed by atoms with Crippen LogP contribution in [0.25, 0.3) is 0 Å². The van der Waals surface area contributed by atoms with Crippen LogP contribution in [0.1, 0.15) is 13.3 Å². The van der Waals surface area contributed by atoms with Crippen molar-refractivity contribution in [3.63, 3.8) is 0 Å². The van der Waals surface area contributed by atoms with Crippen molar-refractivity contribution in [3.05, 3.63) is 0 Å². The van der Waals surface area contributed by atoms with Crippen molar-refractivity contribution in [1.82, 2.24) is 5.32 Å². The molecule has 1 N–H and O–H groups in total. The summed E-state index contributed by atoms with van der Waals surface area (Å²) < 4.78 is 29.9. The Morgan fingerprint density at radius 3 is 2.15 bits per heavy atom. The molecular formula is C5H8NNaO5S. The van der Waals surface area contributed by atoms with E-state index in [-0.39, 0.29) is 29.6 Å². The predicted octanol–water partition coefficient (Wildman–Crippen LogP) is -4.41. The van der Waals surface area contributed by atoms with Gasteiger partial charge in [-0.15, -0.1) is 0 Å². The van der Waals surface area contributed by atoms with Crippen LogP contribution < -0.4 is 34.9 Å². The van der Waals surface area contributed by atoms with Gasteiger partial charge in [0, 0.05) is 0 Å². The van der Waals surface area contributed by atoms with E-state index in [0.29, 0.717) is 0 Å². The van der Waals surface area contributed by atoms with Crippen molar-refractivity contribution in [2.45, 2.75) is 13.3 Å². The summed E-state index contributed by atoms with van der Waals surface area (Å²) in [6.07, 6.45) is -0.407. The van der Waals surface area contributed by atoms with E-state index < -0.39 is 34.1 Å². The summed E-state index contributed by atoms with van der Waals surface area (Å²) in [6, 6.07) is 0. The molecule has 13 heavy (non-hydrogen) atoms. The molecule has 0 rings (SSSR count). The van der Waals surface area contributed by atoms with Crippen molar-refractivity contribution in [2.24, 2.45) is 0 Å². The summed E-state index contributed by atoms with van der Waals surface area (Å²) in [6.45, 7) is 1.19. The maximum atomic E-state index is 10.6. The third-order valence-corrected chi connectivity index (χ3v) is 1.35. The van der Waals surface area contributed by atoms with E-state index in [1.54, 1.807) is 5.32 Å². The van der Waals surface area contributed by atoms with Gasteiger partial charge in [0.1, 0.15) is 21.8 Å². The summed E-state index contributed by atoms with van der Waals surface area (Å²) in [5.74, 6) is -2.13. The van der Waals surface area contributed by atoms with Crippen LogP contribution in [0.4, 0.5) is 0 Å². The first kappa shape index (κ1) is 15.5. The smallest absolute Gasteiger partial charge is 0.747 e. The first-order valence-corrected chi connectivity index (χ1v) is 4.58. The molecule has 0 aromatic carbocycles. The molecule has 0 fully saturated rings. The molecular weight excluding hydrogens is 209 g/mol. The van der Waals surface area contributed by atoms with Gasteiger partial charge >= 0.3 is 29.6 Å². The molecule has 70 valence electrons. The largest absolute Gasteiger partial charge is 1.00 e. The summed E-state index contributed by atoms with van der Waals surface area (Å²) in [7, 11) is -4.45. The van der Waals surface area contributed by atoms with Crippen LogP contribution in [0.3, 0.4) is 0 Å². The number of rotatable bonds is 4. The standard InChI is InChI=1S/C5H9NO5S.Na/c1-4(7)2-5(8)6-3-12(9,10)11;/h2-3H2,1H3,(H,6,8)(H,9,10,11);/q;+1/p-1. The number of hydrogen-bond donors (Lipinski definition) is 1. The van der Waals surface area contributed by atoms with Crippen LogP contribution in [-0.4, -0.2) is 30.5 Å². The Balaban J connectivity index is 0. The average Bonchev–Trinajstić information content (AvgIpc) is 1.80. The van der Waals surface area contributed by atoms with E-state index in [2.05, 4.69) is 0 Å². The average molecular weight is 217 g/mol. The fourth-order valence-corrected chi connectivity index (χ4v) is 0.795. The molecule has 6 nitrogen and oxygen atoms in total. The molecule has 8 heteroatoms. The molecule has 0 aliphatic carbocycles. The van der Waals surface area contributed by atoms with Gasteiger partial charge in [-0.3, -0.25) is 9.59 Å². The number of hydrogen-bond acceptors (Lipinski definition) is 5. The molecule has 0 saturated carbocycles. The monoisotopic (exact) mass is 217 g/mol. The second-order valence-electron chi connectivity index (χ2n) is 2.18. The van der Waals surface area contributed by atoms with Crippen LogP contribution in [0.15, 0.2) is 0 Å². The molecule has 1 amide bonds. The van der Waals surface area contributed by atoms with Gasteiger partial charge in [0.2, 0.25) is 5.91 Å². The van der Waals surface area contributed by atoms with E-state index in [0.717, 1.165) is 0 Å². The Hall–Kier alpha value is 0.0500. The Morgan fingerprint density at radius 1 is 1.38 bits per heavy atom. The van der Waals surface area contributed by atoms with Gasteiger partial charge in [-0.05, 0) is 6.92 Å². The predicted molar refractivity (Wildman–Crippen MR) is 38.0 cm³/mol. The van der Waals surface area contributed by atoms with E-state index in [1.165, 1.54) is 6.92 Å². The molecule has 0 bridgehead atoms. The molecule has 0 aliphatic heterocycles. The van der Waals surface area contributed by atoms with Crippen LogP contribution in [0.5, 0.6) is 0 Å². The Bertz CT molecular complexity index is 285. The zero-order valence-corrected chi connectivity index (χ0v) is 10.2. The number of Topliss-reactive ketones (excluding diaryl/α,β-unsaturated/α-hetero) is 1. The van der Waals surface area contributed by atoms with Crippen LogP contribution >= 0.6 is 0 Å².